The Balaban J connectivity index is 1.50. The minimum atomic E-state index is -4.36. The average Bonchev–Trinajstić information content (AvgIpc) is 3.25. The highest BCUT2D eigenvalue weighted by molar-refractivity contribution is 7.07. The van der Waals surface area contributed by atoms with Gasteiger partial charge in [-0.2, -0.15) is 24.5 Å². The lowest BCUT2D eigenvalue weighted by Crippen LogP contribution is -2.48. The molecule has 2 N–H and O–H groups in total. The minimum absolute atomic E-state index is 0.211. The van der Waals surface area contributed by atoms with Gasteiger partial charge in [0.2, 0.25) is 0 Å². The third-order valence-electron chi connectivity index (χ3n) is 5.00. The molecule has 1 fully saturated rings. The van der Waals surface area contributed by atoms with E-state index in [4.69, 9.17) is 0 Å². The molecule has 0 saturated carbocycles. The van der Waals surface area contributed by atoms with Gasteiger partial charge in [0, 0.05) is 37.8 Å². The Labute approximate surface area is 185 Å². The molecule has 0 amide bonds. The summed E-state index contributed by atoms with van der Waals surface area (Å²) in [6.45, 7) is 5.99. The van der Waals surface area contributed by atoms with Gasteiger partial charge in [-0.25, -0.2) is 4.99 Å². The normalized spacial score (nSPS) is 15.9. The number of aliphatic imine (C=N–C) groups is 1. The predicted molar refractivity (Wildman–Crippen MR) is 120 cm³/mol. The van der Waals surface area contributed by atoms with Crippen molar-refractivity contribution in [2.75, 3.05) is 26.2 Å². The maximum absolute atomic E-state index is 12.8. The van der Waals surface area contributed by atoms with Gasteiger partial charge in [0.05, 0.1) is 5.56 Å². The maximum atomic E-state index is 12.8. The molecule has 1 aromatic heterocycles. The van der Waals surface area contributed by atoms with Crippen LogP contribution < -0.4 is 10.6 Å². The first-order valence-corrected chi connectivity index (χ1v) is 11.3. The summed E-state index contributed by atoms with van der Waals surface area (Å²) in [6, 6.07) is 7.55. The van der Waals surface area contributed by atoms with Gasteiger partial charge in [-0.05, 0) is 60.4 Å². The summed E-state index contributed by atoms with van der Waals surface area (Å²) in [5, 5.41) is 11.0. The zero-order valence-electron chi connectivity index (χ0n) is 17.5. The van der Waals surface area contributed by atoms with Crippen LogP contribution in [-0.2, 0) is 12.7 Å². The van der Waals surface area contributed by atoms with Crippen molar-refractivity contribution in [2.45, 2.75) is 38.5 Å². The van der Waals surface area contributed by atoms with E-state index in [0.717, 1.165) is 51.2 Å². The molecule has 2 aromatic rings. The molecule has 8 heteroatoms. The molecule has 1 saturated heterocycles. The SMILES string of the molecule is CCNC(=NCC#Cc1cccc(C(F)(F)F)c1)NC1CCN(Cc2ccsc2)CC1. The highest BCUT2D eigenvalue weighted by atomic mass is 32.1. The standard InChI is InChI=1S/C23H27F3N4S/c1-2-27-22(28-11-4-6-18-5-3-7-20(15-18)23(24,25)26)29-21-8-12-30(13-9-21)16-19-10-14-31-17-19/h3,5,7,10,14-15,17,21H,2,8-9,11-13,16H2,1H3,(H2,27,28,29). The molecule has 0 spiro atoms. The molecule has 0 aliphatic carbocycles. The molecule has 1 aromatic carbocycles. The second kappa shape index (κ2) is 11.2. The Hall–Kier alpha value is -2.50. The van der Waals surface area contributed by atoms with Crippen LogP contribution in [0.1, 0.15) is 36.5 Å². The van der Waals surface area contributed by atoms with Crippen molar-refractivity contribution in [3.05, 3.63) is 57.8 Å². The Kier molecular flexibility index (Phi) is 8.38. The van der Waals surface area contributed by atoms with Crippen LogP contribution in [0.4, 0.5) is 13.2 Å². The van der Waals surface area contributed by atoms with Crippen LogP contribution in [0.5, 0.6) is 0 Å². The summed E-state index contributed by atoms with van der Waals surface area (Å²) < 4.78 is 38.4. The summed E-state index contributed by atoms with van der Waals surface area (Å²) in [4.78, 5) is 6.92. The first kappa shape index (κ1) is 23.2. The lowest BCUT2D eigenvalue weighted by atomic mass is 10.0. The molecule has 1 aliphatic rings. The van der Waals surface area contributed by atoms with Crippen molar-refractivity contribution < 1.29 is 13.2 Å². The summed E-state index contributed by atoms with van der Waals surface area (Å²) >= 11 is 1.73. The van der Waals surface area contributed by atoms with Gasteiger partial charge in [0.1, 0.15) is 6.54 Å². The minimum Gasteiger partial charge on any atom is -0.357 e. The second-order valence-corrected chi connectivity index (χ2v) is 8.18. The van der Waals surface area contributed by atoms with Crippen LogP contribution in [0.2, 0.25) is 0 Å². The van der Waals surface area contributed by atoms with Crippen LogP contribution in [-0.4, -0.2) is 43.1 Å². The van der Waals surface area contributed by atoms with E-state index in [9.17, 15) is 13.2 Å². The number of benzene rings is 1. The molecular formula is C23H27F3N4S. The predicted octanol–water partition coefficient (Wildman–Crippen LogP) is 4.34. The third kappa shape index (κ3) is 7.60. The highest BCUT2D eigenvalue weighted by Gasteiger charge is 2.30. The number of thiophene rings is 1. The number of guanidine groups is 1. The van der Waals surface area contributed by atoms with Crippen LogP contribution in [0.15, 0.2) is 46.1 Å². The van der Waals surface area contributed by atoms with Gasteiger partial charge in [-0.15, -0.1) is 0 Å². The Bertz CT molecular complexity index is 905. The zero-order valence-corrected chi connectivity index (χ0v) is 18.3. The van der Waals surface area contributed by atoms with E-state index in [1.807, 2.05) is 6.92 Å². The van der Waals surface area contributed by atoms with Gasteiger partial charge in [-0.1, -0.05) is 17.9 Å². The molecular weight excluding hydrogens is 421 g/mol. The Morgan fingerprint density at radius 3 is 2.74 bits per heavy atom. The van der Waals surface area contributed by atoms with Gasteiger partial charge in [0.15, 0.2) is 5.96 Å². The number of halogens is 3. The summed E-state index contributed by atoms with van der Waals surface area (Å²) in [5.41, 5.74) is 1.01. The lowest BCUT2D eigenvalue weighted by Gasteiger charge is -2.32. The molecule has 2 heterocycles. The fourth-order valence-corrected chi connectivity index (χ4v) is 4.08. The van der Waals surface area contributed by atoms with E-state index < -0.39 is 11.7 Å². The fraction of sp³-hybridized carbons (Fsp3) is 0.435. The fourth-order valence-electron chi connectivity index (χ4n) is 3.42. The lowest BCUT2D eigenvalue weighted by molar-refractivity contribution is -0.137. The van der Waals surface area contributed by atoms with E-state index in [-0.39, 0.29) is 6.54 Å². The summed E-state index contributed by atoms with van der Waals surface area (Å²) in [5.74, 6) is 6.30. The van der Waals surface area contributed by atoms with Crippen molar-refractivity contribution in [3.63, 3.8) is 0 Å². The van der Waals surface area contributed by atoms with Crippen molar-refractivity contribution >= 4 is 17.3 Å². The molecule has 0 unspecified atom stereocenters. The molecule has 1 aliphatic heterocycles. The highest BCUT2D eigenvalue weighted by Crippen LogP contribution is 2.29. The molecule has 0 radical (unpaired) electrons. The monoisotopic (exact) mass is 448 g/mol. The summed E-state index contributed by atoms with van der Waals surface area (Å²) in [7, 11) is 0. The first-order chi connectivity index (χ1) is 14.9. The third-order valence-corrected chi connectivity index (χ3v) is 5.73. The van der Waals surface area contributed by atoms with Crippen molar-refractivity contribution in [1.29, 1.82) is 0 Å². The van der Waals surface area contributed by atoms with Gasteiger partial charge >= 0.3 is 6.18 Å². The number of nitrogens with one attached hydrogen (secondary N) is 2. The van der Waals surface area contributed by atoms with E-state index >= 15 is 0 Å². The quantitative estimate of drug-likeness (QED) is 0.406. The summed E-state index contributed by atoms with van der Waals surface area (Å²) in [6.07, 6.45) is -2.30. The first-order valence-electron chi connectivity index (χ1n) is 10.4. The van der Waals surface area contributed by atoms with Gasteiger partial charge in [-0.3, -0.25) is 4.90 Å². The molecule has 0 bridgehead atoms. The van der Waals surface area contributed by atoms with Gasteiger partial charge in [0.25, 0.3) is 0 Å². The maximum Gasteiger partial charge on any atom is 0.416 e. The van der Waals surface area contributed by atoms with E-state index in [1.54, 1.807) is 17.4 Å². The Morgan fingerprint density at radius 2 is 2.06 bits per heavy atom. The van der Waals surface area contributed by atoms with Crippen molar-refractivity contribution in [3.8, 4) is 11.8 Å². The molecule has 0 atom stereocenters. The van der Waals surface area contributed by atoms with E-state index in [2.05, 4.69) is 49.2 Å². The van der Waals surface area contributed by atoms with Gasteiger partial charge < -0.3 is 10.6 Å². The van der Waals surface area contributed by atoms with Crippen molar-refractivity contribution in [1.82, 2.24) is 15.5 Å². The smallest absolute Gasteiger partial charge is 0.357 e. The number of alkyl halides is 3. The van der Waals surface area contributed by atoms with Crippen LogP contribution in [0.3, 0.4) is 0 Å². The van der Waals surface area contributed by atoms with Crippen LogP contribution in [0.25, 0.3) is 0 Å². The molecule has 3 rings (SSSR count). The van der Waals surface area contributed by atoms with E-state index in [0.29, 0.717) is 17.6 Å². The number of nitrogens with zero attached hydrogens (tertiary/aromatic N) is 2. The second-order valence-electron chi connectivity index (χ2n) is 7.40. The average molecular weight is 449 g/mol. The number of hydrogen-bond acceptors (Lipinski definition) is 3. The number of hydrogen-bond donors (Lipinski definition) is 2. The van der Waals surface area contributed by atoms with Crippen LogP contribution >= 0.6 is 11.3 Å². The zero-order chi connectivity index (χ0) is 22.1. The van der Waals surface area contributed by atoms with Crippen molar-refractivity contribution in [2.24, 2.45) is 4.99 Å². The topological polar surface area (TPSA) is 39.7 Å². The Morgan fingerprint density at radius 1 is 1.26 bits per heavy atom. The molecule has 166 valence electrons. The van der Waals surface area contributed by atoms with E-state index in [1.165, 1.54) is 11.6 Å². The number of likely N-dealkylation sites (tertiary alicyclic amines) is 1. The number of piperidine rings is 1. The molecule has 31 heavy (non-hydrogen) atoms. The molecule has 4 nitrogen and oxygen atoms in total. The number of rotatable bonds is 5. The van der Waals surface area contributed by atoms with Crippen LogP contribution in [0, 0.1) is 11.8 Å². The largest absolute Gasteiger partial charge is 0.416 e.